The number of H-pyrrole nitrogens is 1. The molecule has 1 aromatic carbocycles. The first-order valence-electron chi connectivity index (χ1n) is 7.78. The lowest BCUT2D eigenvalue weighted by Crippen LogP contribution is -2.12. The van der Waals surface area contributed by atoms with Gasteiger partial charge in [-0.25, -0.2) is 23.5 Å². The summed E-state index contributed by atoms with van der Waals surface area (Å²) >= 11 is 0. The summed E-state index contributed by atoms with van der Waals surface area (Å²) in [6, 6.07) is 9.92. The van der Waals surface area contributed by atoms with Crippen molar-refractivity contribution in [1.29, 1.82) is 0 Å². The Morgan fingerprint density at radius 1 is 1.20 bits per heavy atom. The van der Waals surface area contributed by atoms with Gasteiger partial charge in [0.1, 0.15) is 5.82 Å². The van der Waals surface area contributed by atoms with E-state index in [2.05, 4.69) is 25.5 Å². The number of benzene rings is 1. The van der Waals surface area contributed by atoms with Crippen molar-refractivity contribution < 1.29 is 14.1 Å². The maximum Gasteiger partial charge on any atom is 0.238 e. The first kappa shape index (κ1) is 15.7. The van der Waals surface area contributed by atoms with E-state index < -0.39 is 10.0 Å². The molecule has 8 nitrogen and oxygen atoms in total. The zero-order valence-corrected chi connectivity index (χ0v) is 14.0. The summed E-state index contributed by atoms with van der Waals surface area (Å²) in [6.45, 7) is 0. The molecular formula is C16H24N6O2S. The van der Waals surface area contributed by atoms with Gasteiger partial charge in [-0.3, -0.25) is 5.10 Å². The number of aromatic nitrogens is 4. The molecule has 2 heterocycles. The normalized spacial score (nSPS) is 14.4. The molecule has 1 aliphatic carbocycles. The van der Waals surface area contributed by atoms with E-state index in [9.17, 15) is 8.42 Å². The van der Waals surface area contributed by atoms with Gasteiger partial charge in [-0.2, -0.15) is 5.10 Å². The standard InChI is InChI=1S/C16H16N6O2S.4H2/c17-25(23,24)12-3-1-2-11(8-12)16-18-7-6-14(20-16)19-15-9-13(21-22-15)10-4-5-10;;;;/h1-3,6-10H,4-5H2,(H2,17,23,24)(H2,18,19,20,21,22);4*1H. The van der Waals surface area contributed by atoms with Crippen molar-refractivity contribution in [2.75, 3.05) is 5.32 Å². The van der Waals surface area contributed by atoms with Crippen molar-refractivity contribution in [2.45, 2.75) is 23.7 Å². The highest BCUT2D eigenvalue weighted by Gasteiger charge is 2.25. The number of rotatable bonds is 5. The molecule has 1 fully saturated rings. The van der Waals surface area contributed by atoms with Gasteiger partial charge in [0, 0.05) is 35.1 Å². The van der Waals surface area contributed by atoms with E-state index in [0.717, 1.165) is 5.69 Å². The summed E-state index contributed by atoms with van der Waals surface area (Å²) in [5.41, 5.74) is 1.69. The second kappa shape index (κ2) is 5.94. The maximum absolute atomic E-state index is 11.5. The van der Waals surface area contributed by atoms with Gasteiger partial charge in [0.2, 0.25) is 10.0 Å². The second-order valence-corrected chi connectivity index (χ2v) is 7.51. The van der Waals surface area contributed by atoms with E-state index in [0.29, 0.717) is 28.9 Å². The predicted molar refractivity (Wildman–Crippen MR) is 101 cm³/mol. The van der Waals surface area contributed by atoms with Crippen LogP contribution in [0.1, 0.15) is 30.2 Å². The molecule has 25 heavy (non-hydrogen) atoms. The summed E-state index contributed by atoms with van der Waals surface area (Å²) in [5, 5.41) is 15.6. The fraction of sp³-hybridized carbons (Fsp3) is 0.188. The van der Waals surface area contributed by atoms with E-state index in [1.807, 2.05) is 6.07 Å². The molecule has 0 spiro atoms. The molecule has 2 aromatic heterocycles. The van der Waals surface area contributed by atoms with Crippen molar-refractivity contribution in [1.82, 2.24) is 20.2 Å². The second-order valence-electron chi connectivity index (χ2n) is 5.95. The lowest BCUT2D eigenvalue weighted by Gasteiger charge is -2.06. The van der Waals surface area contributed by atoms with E-state index >= 15 is 0 Å². The zero-order chi connectivity index (χ0) is 17.4. The molecular weight excluding hydrogens is 340 g/mol. The highest BCUT2D eigenvalue weighted by atomic mass is 32.2. The molecule has 1 aliphatic rings. The number of aromatic amines is 1. The van der Waals surface area contributed by atoms with Crippen LogP contribution in [0, 0.1) is 0 Å². The summed E-state index contributed by atoms with van der Waals surface area (Å²) < 4.78 is 23.0. The van der Waals surface area contributed by atoms with Crippen molar-refractivity contribution in [3.05, 3.63) is 48.3 Å². The molecule has 0 saturated heterocycles. The monoisotopic (exact) mass is 364 g/mol. The average molecular weight is 364 g/mol. The predicted octanol–water partition coefficient (Wildman–Crippen LogP) is 3.12. The number of nitrogens with one attached hydrogen (secondary N) is 2. The number of sulfonamides is 1. The lowest BCUT2D eigenvalue weighted by atomic mass is 10.2. The van der Waals surface area contributed by atoms with Gasteiger partial charge in [-0.1, -0.05) is 12.1 Å². The highest BCUT2D eigenvalue weighted by molar-refractivity contribution is 7.89. The topological polar surface area (TPSA) is 127 Å². The molecule has 1 saturated carbocycles. The van der Waals surface area contributed by atoms with Gasteiger partial charge in [0.25, 0.3) is 0 Å². The van der Waals surface area contributed by atoms with Crippen molar-refractivity contribution in [3.63, 3.8) is 0 Å². The molecule has 0 amide bonds. The van der Waals surface area contributed by atoms with E-state index in [-0.39, 0.29) is 10.6 Å². The van der Waals surface area contributed by atoms with Gasteiger partial charge in [-0.15, -0.1) is 0 Å². The first-order valence-corrected chi connectivity index (χ1v) is 9.32. The fourth-order valence-corrected chi connectivity index (χ4v) is 3.07. The van der Waals surface area contributed by atoms with E-state index in [1.165, 1.54) is 25.0 Å². The Morgan fingerprint density at radius 2 is 2.04 bits per heavy atom. The van der Waals surface area contributed by atoms with Gasteiger partial charge >= 0.3 is 0 Å². The van der Waals surface area contributed by atoms with Gasteiger partial charge in [0.15, 0.2) is 11.6 Å². The molecule has 0 atom stereocenters. The SMILES string of the molecule is NS(=O)(=O)c1cccc(-c2nccc(Nc3cc(C4CC4)[nH]n3)n2)c1.[HH].[HH].[HH].[HH]. The largest absolute Gasteiger partial charge is 0.323 e. The molecule has 0 unspecified atom stereocenters. The molecule has 0 aliphatic heterocycles. The van der Waals surface area contributed by atoms with Crippen LogP contribution in [-0.2, 0) is 10.0 Å². The van der Waals surface area contributed by atoms with Crippen LogP contribution in [0.25, 0.3) is 11.4 Å². The van der Waals surface area contributed by atoms with Gasteiger partial charge in [-0.05, 0) is 31.0 Å². The molecule has 0 radical (unpaired) electrons. The summed E-state index contributed by atoms with van der Waals surface area (Å²) in [7, 11) is -3.78. The maximum atomic E-state index is 11.5. The van der Waals surface area contributed by atoms with Crippen LogP contribution in [0.4, 0.5) is 11.6 Å². The number of nitrogens with zero attached hydrogens (tertiary/aromatic N) is 3. The van der Waals surface area contributed by atoms with Gasteiger partial charge < -0.3 is 5.32 Å². The Morgan fingerprint density at radius 3 is 2.80 bits per heavy atom. The molecule has 4 N–H and O–H groups in total. The van der Waals surface area contributed by atoms with Gasteiger partial charge in [0.05, 0.1) is 4.90 Å². The molecule has 136 valence electrons. The number of nitrogens with two attached hydrogens (primary N) is 1. The lowest BCUT2D eigenvalue weighted by molar-refractivity contribution is 0.598. The molecule has 0 bridgehead atoms. The summed E-state index contributed by atoms with van der Waals surface area (Å²) in [4.78, 5) is 8.64. The van der Waals surface area contributed by atoms with Crippen molar-refractivity contribution in [3.8, 4) is 11.4 Å². The minimum absolute atomic E-state index is 0. The number of hydrogen-bond donors (Lipinski definition) is 3. The van der Waals surface area contributed by atoms with Crippen LogP contribution in [-0.4, -0.2) is 28.6 Å². The number of anilines is 2. The van der Waals surface area contributed by atoms with Crippen LogP contribution in [0.5, 0.6) is 0 Å². The smallest absolute Gasteiger partial charge is 0.238 e. The summed E-state index contributed by atoms with van der Waals surface area (Å²) in [6.07, 6.45) is 3.99. The van der Waals surface area contributed by atoms with Crippen LogP contribution in [0.2, 0.25) is 0 Å². The number of hydrogen-bond acceptors (Lipinski definition) is 6. The third kappa shape index (κ3) is 3.52. The molecule has 3 aromatic rings. The minimum Gasteiger partial charge on any atom is -0.323 e. The zero-order valence-electron chi connectivity index (χ0n) is 13.2. The molecule has 4 rings (SSSR count). The quantitative estimate of drug-likeness (QED) is 0.638. The Balaban J connectivity index is 0.00000196. The Labute approximate surface area is 150 Å². The van der Waals surface area contributed by atoms with Crippen LogP contribution >= 0.6 is 0 Å². The Kier molecular flexibility index (Phi) is 3.74. The van der Waals surface area contributed by atoms with Crippen LogP contribution < -0.4 is 10.5 Å². The Bertz CT molecular complexity index is 1040. The average Bonchev–Trinajstić information content (AvgIpc) is 3.35. The third-order valence-electron chi connectivity index (χ3n) is 3.95. The highest BCUT2D eigenvalue weighted by Crippen LogP contribution is 2.39. The van der Waals surface area contributed by atoms with E-state index in [1.54, 1.807) is 24.4 Å². The Hall–Kier alpha value is -2.78. The fourth-order valence-electron chi connectivity index (χ4n) is 2.51. The first-order chi connectivity index (χ1) is 12.0. The van der Waals surface area contributed by atoms with Crippen molar-refractivity contribution >= 4 is 21.7 Å². The molecule has 9 heteroatoms. The van der Waals surface area contributed by atoms with Crippen molar-refractivity contribution in [2.24, 2.45) is 5.14 Å². The van der Waals surface area contributed by atoms with E-state index in [4.69, 9.17) is 5.14 Å². The number of primary sulfonamides is 1. The van der Waals surface area contributed by atoms with Crippen LogP contribution in [0.3, 0.4) is 0 Å². The third-order valence-corrected chi connectivity index (χ3v) is 4.86. The minimum atomic E-state index is -3.78. The summed E-state index contributed by atoms with van der Waals surface area (Å²) in [5.74, 6) is 2.24. The van der Waals surface area contributed by atoms with Crippen LogP contribution in [0.15, 0.2) is 47.5 Å².